The molecule has 6 heteroatoms. The van der Waals surface area contributed by atoms with Crippen LogP contribution in [0.4, 0.5) is 0 Å². The molecule has 5 rings (SSSR count). The third-order valence-electron chi connectivity index (χ3n) is 10.3. The van der Waals surface area contributed by atoms with Gasteiger partial charge >= 0.3 is 0 Å². The molecule has 32 heavy (non-hydrogen) atoms. The molecule has 0 radical (unpaired) electrons. The molecule has 8 atom stereocenters. The van der Waals surface area contributed by atoms with E-state index in [0.717, 1.165) is 49.7 Å². The maximum atomic E-state index is 10.2. The Morgan fingerprint density at radius 1 is 0.938 bits per heavy atom. The number of fused-ring (bicyclic) bond motifs is 3. The first kappa shape index (κ1) is 23.1. The quantitative estimate of drug-likeness (QED) is 0.537. The van der Waals surface area contributed by atoms with Crippen LogP contribution >= 0.6 is 0 Å². The lowest BCUT2D eigenvalue weighted by Crippen LogP contribution is -2.59. The number of nitrogens with one attached hydrogen (secondary N) is 3. The van der Waals surface area contributed by atoms with Crippen molar-refractivity contribution in [1.29, 1.82) is 5.26 Å². The molecule has 6 nitrogen and oxygen atoms in total. The fourth-order valence-electron chi connectivity index (χ4n) is 8.38. The summed E-state index contributed by atoms with van der Waals surface area (Å²) in [6, 6.07) is 4.40. The molecule has 3 saturated heterocycles. The third kappa shape index (κ3) is 4.25. The van der Waals surface area contributed by atoms with Gasteiger partial charge in [-0.15, -0.1) is 0 Å². The second-order valence-corrected chi connectivity index (χ2v) is 12.4. The van der Waals surface area contributed by atoms with Crippen LogP contribution in [0.2, 0.25) is 0 Å². The first-order valence-electron chi connectivity index (χ1n) is 13.4. The monoisotopic (exact) mass is 443 g/mol. The number of aliphatic hydroxyl groups is 1. The van der Waals surface area contributed by atoms with Crippen LogP contribution in [0.5, 0.6) is 0 Å². The molecule has 180 valence electrons. The molecule has 0 aromatic rings. The van der Waals surface area contributed by atoms with Crippen molar-refractivity contribution in [3.63, 3.8) is 0 Å². The Balaban J connectivity index is 1.29. The van der Waals surface area contributed by atoms with Crippen molar-refractivity contribution in [2.45, 2.75) is 89.4 Å². The summed E-state index contributed by atoms with van der Waals surface area (Å²) in [5.41, 5.74) is 3.75. The van der Waals surface area contributed by atoms with Gasteiger partial charge in [-0.25, -0.2) is 5.01 Å². The van der Waals surface area contributed by atoms with E-state index < -0.39 is 0 Å². The summed E-state index contributed by atoms with van der Waals surface area (Å²) >= 11 is 0. The van der Waals surface area contributed by atoms with Gasteiger partial charge in [-0.05, 0) is 107 Å². The summed E-state index contributed by atoms with van der Waals surface area (Å²) < 4.78 is 0. The minimum absolute atomic E-state index is 0.163. The molecule has 3 aliphatic heterocycles. The van der Waals surface area contributed by atoms with Crippen LogP contribution in [0.25, 0.3) is 0 Å². The van der Waals surface area contributed by atoms with Gasteiger partial charge in [0.1, 0.15) is 0 Å². The lowest BCUT2D eigenvalue weighted by molar-refractivity contribution is 0.0233. The predicted molar refractivity (Wildman–Crippen MR) is 126 cm³/mol. The number of aliphatic hydroxyl groups excluding tert-OH is 1. The number of hydrazine groups is 1. The van der Waals surface area contributed by atoms with Gasteiger partial charge in [0.25, 0.3) is 0 Å². The fraction of sp³-hybridized carbons (Fsp3) is 0.962. The lowest BCUT2D eigenvalue weighted by atomic mass is 9.60. The molecule has 0 amide bonds. The van der Waals surface area contributed by atoms with Crippen molar-refractivity contribution in [1.82, 2.24) is 21.1 Å². The summed E-state index contributed by atoms with van der Waals surface area (Å²) in [6.07, 6.45) is 9.67. The van der Waals surface area contributed by atoms with E-state index >= 15 is 0 Å². The Hall–Kier alpha value is -0.710. The lowest BCUT2D eigenvalue weighted by Gasteiger charge is -2.50. The van der Waals surface area contributed by atoms with E-state index in [4.69, 9.17) is 0 Å². The van der Waals surface area contributed by atoms with E-state index in [1.54, 1.807) is 0 Å². The highest BCUT2D eigenvalue weighted by molar-refractivity contribution is 5.08. The summed E-state index contributed by atoms with van der Waals surface area (Å²) in [4.78, 5) is 0. The molecule has 0 aromatic carbocycles. The minimum Gasteiger partial charge on any atom is -0.392 e. The van der Waals surface area contributed by atoms with E-state index in [1.807, 2.05) is 0 Å². The van der Waals surface area contributed by atoms with Crippen molar-refractivity contribution >= 4 is 0 Å². The highest BCUT2D eigenvalue weighted by atomic mass is 16.3. The number of hydrogen-bond donors (Lipinski definition) is 4. The van der Waals surface area contributed by atoms with Crippen molar-refractivity contribution in [2.24, 2.45) is 40.9 Å². The Bertz CT molecular complexity index is 699. The van der Waals surface area contributed by atoms with Crippen LogP contribution in [0.3, 0.4) is 0 Å². The molecule has 4 N–H and O–H groups in total. The molecule has 2 saturated carbocycles. The summed E-state index contributed by atoms with van der Waals surface area (Å²) in [6.45, 7) is 7.22. The van der Waals surface area contributed by atoms with Crippen LogP contribution in [0.1, 0.15) is 65.2 Å². The van der Waals surface area contributed by atoms with Crippen molar-refractivity contribution < 1.29 is 5.11 Å². The van der Waals surface area contributed by atoms with E-state index in [2.05, 4.69) is 48.0 Å². The summed E-state index contributed by atoms with van der Waals surface area (Å²) in [5.74, 6) is 4.12. The van der Waals surface area contributed by atoms with Crippen molar-refractivity contribution in [2.75, 3.05) is 26.7 Å². The van der Waals surface area contributed by atoms with Crippen LogP contribution in [-0.2, 0) is 0 Å². The molecule has 3 heterocycles. The molecular weight excluding hydrogens is 398 g/mol. The van der Waals surface area contributed by atoms with Gasteiger partial charge in [-0.2, -0.15) is 5.26 Å². The summed E-state index contributed by atoms with van der Waals surface area (Å²) in [7, 11) is 2.26. The Kier molecular flexibility index (Phi) is 6.59. The molecule has 8 unspecified atom stereocenters. The van der Waals surface area contributed by atoms with Gasteiger partial charge in [0.15, 0.2) is 0 Å². The summed E-state index contributed by atoms with van der Waals surface area (Å²) in [5, 5.41) is 29.7. The maximum Gasteiger partial charge on any atom is 0.0686 e. The first-order chi connectivity index (χ1) is 15.4. The van der Waals surface area contributed by atoms with Crippen molar-refractivity contribution in [3.05, 3.63) is 0 Å². The molecule has 0 aromatic heterocycles. The van der Waals surface area contributed by atoms with Crippen LogP contribution < -0.4 is 16.1 Å². The number of likely N-dealkylation sites (N-methyl/N-ethyl adjacent to an activating group) is 1. The normalized spacial score (nSPS) is 48.0. The Morgan fingerprint density at radius 2 is 1.69 bits per heavy atom. The molecule has 2 aliphatic carbocycles. The second kappa shape index (κ2) is 9.15. The van der Waals surface area contributed by atoms with E-state index in [9.17, 15) is 10.4 Å². The zero-order valence-electron chi connectivity index (χ0n) is 20.4. The van der Waals surface area contributed by atoms with Gasteiger partial charge in [-0.3, -0.25) is 5.43 Å². The first-order valence-corrected chi connectivity index (χ1v) is 13.4. The number of hydrogen-bond acceptors (Lipinski definition) is 6. The van der Waals surface area contributed by atoms with Crippen LogP contribution in [-0.4, -0.2) is 61.0 Å². The maximum absolute atomic E-state index is 10.2. The van der Waals surface area contributed by atoms with Gasteiger partial charge in [0.2, 0.25) is 0 Å². The number of piperidine rings is 2. The number of nitrogens with zero attached hydrogens (tertiary/aromatic N) is 2. The molecule has 0 spiro atoms. The fourth-order valence-corrected chi connectivity index (χ4v) is 8.38. The Labute approximate surface area is 194 Å². The zero-order valence-corrected chi connectivity index (χ0v) is 20.4. The van der Waals surface area contributed by atoms with E-state index in [-0.39, 0.29) is 11.5 Å². The van der Waals surface area contributed by atoms with Gasteiger partial charge in [-0.1, -0.05) is 0 Å². The Morgan fingerprint density at radius 3 is 2.41 bits per heavy atom. The van der Waals surface area contributed by atoms with Crippen LogP contribution in [0, 0.1) is 52.3 Å². The standard InChI is InChI=1S/C26H45N5O/c1-26(2,15-27)19-7-4-16(5-8-19)25-24-21-11-17(18-10-20(32)13-28-12-18)6-9-22(21)29-14-23(24)31(3)30-25/h16-25,28-30,32H,4-14H2,1-3H3. The largest absolute Gasteiger partial charge is 0.392 e. The second-order valence-electron chi connectivity index (χ2n) is 12.4. The molecule has 5 aliphatic rings. The number of β-amino-alcohol motifs (C(OH)–C–C–N with tert-alkyl or cyclic N) is 1. The van der Waals surface area contributed by atoms with Gasteiger partial charge in [0, 0.05) is 38.3 Å². The predicted octanol–water partition coefficient (Wildman–Crippen LogP) is 2.50. The van der Waals surface area contributed by atoms with E-state index in [0.29, 0.717) is 30.0 Å². The zero-order chi connectivity index (χ0) is 22.5. The minimum atomic E-state index is -0.192. The van der Waals surface area contributed by atoms with Gasteiger partial charge < -0.3 is 15.7 Å². The average Bonchev–Trinajstić information content (AvgIpc) is 3.15. The van der Waals surface area contributed by atoms with Crippen LogP contribution in [0.15, 0.2) is 0 Å². The number of rotatable bonds is 3. The SMILES string of the molecule is CN1NC(C2CCC(C(C)(C)C#N)CC2)C2C3CC(C4CNCC(O)C4)CCC3NCC21. The molecule has 5 fully saturated rings. The highest BCUT2D eigenvalue weighted by Gasteiger charge is 2.53. The topological polar surface area (TPSA) is 83.4 Å². The molecular formula is C26H45N5O. The highest BCUT2D eigenvalue weighted by Crippen LogP contribution is 2.49. The van der Waals surface area contributed by atoms with Crippen molar-refractivity contribution in [3.8, 4) is 6.07 Å². The molecule has 0 bridgehead atoms. The van der Waals surface area contributed by atoms with E-state index in [1.165, 1.54) is 44.9 Å². The average molecular weight is 444 g/mol. The number of nitriles is 1. The smallest absolute Gasteiger partial charge is 0.0686 e. The van der Waals surface area contributed by atoms with Gasteiger partial charge in [0.05, 0.1) is 17.6 Å². The third-order valence-corrected chi connectivity index (χ3v) is 10.3.